The Morgan fingerprint density at radius 2 is 1.91 bits per heavy atom. The molecule has 8 nitrogen and oxygen atoms in total. The van der Waals surface area contributed by atoms with Crippen LogP contribution >= 0.6 is 11.3 Å². The predicted molar refractivity (Wildman–Crippen MR) is 117 cm³/mol. The number of hydrogen-bond acceptors (Lipinski definition) is 7. The van der Waals surface area contributed by atoms with E-state index in [1.165, 1.54) is 30.7 Å². The highest BCUT2D eigenvalue weighted by molar-refractivity contribution is 7.17. The summed E-state index contributed by atoms with van der Waals surface area (Å²) in [6, 6.07) is 7.70. The number of hydrogen-bond donors (Lipinski definition) is 1. The predicted octanol–water partition coefficient (Wildman–Crippen LogP) is 3.39. The Labute approximate surface area is 188 Å². The lowest BCUT2D eigenvalue weighted by Crippen LogP contribution is -2.34. The van der Waals surface area contributed by atoms with Crippen LogP contribution in [0.3, 0.4) is 0 Å². The molecular formula is C22H16F2N2O6S. The van der Waals surface area contributed by atoms with Crippen LogP contribution in [0.5, 0.6) is 11.5 Å². The Morgan fingerprint density at radius 1 is 1.12 bits per heavy atom. The van der Waals surface area contributed by atoms with Gasteiger partial charge in [-0.15, -0.1) is 11.3 Å². The standard InChI is InChI=1S/C22H16F2N2O6S/c1-30-17-5-3-4-14(23)12(17)9-32-11-6-7-15(24)16(8-11)26-20(27)18-13(21(28)31-2)10-33-19(18)25-22(26)29/h3-8,10H,9H2,1-2H3,(H,25,29). The van der Waals surface area contributed by atoms with Crippen molar-refractivity contribution in [3.63, 3.8) is 0 Å². The first-order chi connectivity index (χ1) is 15.8. The molecule has 4 rings (SSSR count). The highest BCUT2D eigenvalue weighted by Crippen LogP contribution is 2.26. The summed E-state index contributed by atoms with van der Waals surface area (Å²) < 4.78 is 44.8. The van der Waals surface area contributed by atoms with E-state index in [-0.39, 0.29) is 39.4 Å². The lowest BCUT2D eigenvalue weighted by Gasteiger charge is -2.13. The summed E-state index contributed by atoms with van der Waals surface area (Å²) in [5.41, 5.74) is -2.11. The number of benzene rings is 2. The Kier molecular flexibility index (Phi) is 5.97. The van der Waals surface area contributed by atoms with Gasteiger partial charge < -0.3 is 14.2 Å². The van der Waals surface area contributed by atoms with Gasteiger partial charge in [0.15, 0.2) is 0 Å². The summed E-state index contributed by atoms with van der Waals surface area (Å²) >= 11 is 0.972. The van der Waals surface area contributed by atoms with Crippen molar-refractivity contribution >= 4 is 27.5 Å². The van der Waals surface area contributed by atoms with E-state index in [4.69, 9.17) is 9.47 Å². The third-order valence-electron chi connectivity index (χ3n) is 4.87. The summed E-state index contributed by atoms with van der Waals surface area (Å²) in [6.07, 6.45) is 0. The molecule has 4 aromatic rings. The number of methoxy groups -OCH3 is 2. The number of ether oxygens (including phenoxy) is 3. The van der Waals surface area contributed by atoms with Crippen LogP contribution in [0, 0.1) is 11.6 Å². The maximum Gasteiger partial charge on any atom is 0.339 e. The van der Waals surface area contributed by atoms with Crippen molar-refractivity contribution in [1.82, 2.24) is 9.55 Å². The largest absolute Gasteiger partial charge is 0.496 e. The highest BCUT2D eigenvalue weighted by atomic mass is 32.1. The van der Waals surface area contributed by atoms with Gasteiger partial charge in [0, 0.05) is 11.4 Å². The maximum atomic E-state index is 14.7. The van der Waals surface area contributed by atoms with Crippen molar-refractivity contribution in [3.8, 4) is 17.2 Å². The summed E-state index contributed by atoms with van der Waals surface area (Å²) in [5, 5.41) is 1.27. The minimum Gasteiger partial charge on any atom is -0.496 e. The van der Waals surface area contributed by atoms with Gasteiger partial charge >= 0.3 is 11.7 Å². The van der Waals surface area contributed by atoms with E-state index in [1.54, 1.807) is 6.07 Å². The Hall–Kier alpha value is -3.99. The van der Waals surface area contributed by atoms with Gasteiger partial charge in [0.2, 0.25) is 0 Å². The van der Waals surface area contributed by atoms with E-state index < -0.39 is 34.5 Å². The molecule has 11 heteroatoms. The fourth-order valence-electron chi connectivity index (χ4n) is 3.28. The van der Waals surface area contributed by atoms with Gasteiger partial charge in [-0.2, -0.15) is 0 Å². The molecule has 1 N–H and O–H groups in total. The number of esters is 1. The molecule has 0 aliphatic heterocycles. The van der Waals surface area contributed by atoms with Crippen molar-refractivity contribution in [2.24, 2.45) is 0 Å². The molecule has 2 aromatic carbocycles. The van der Waals surface area contributed by atoms with Crippen LogP contribution in [0.2, 0.25) is 0 Å². The van der Waals surface area contributed by atoms with Crippen molar-refractivity contribution in [3.05, 3.63) is 85.4 Å². The molecule has 0 atom stereocenters. The first-order valence-corrected chi connectivity index (χ1v) is 10.3. The molecule has 0 saturated heterocycles. The summed E-state index contributed by atoms with van der Waals surface area (Å²) in [5.74, 6) is -1.87. The lowest BCUT2D eigenvalue weighted by molar-refractivity contribution is 0.0603. The van der Waals surface area contributed by atoms with Crippen LogP contribution < -0.4 is 20.7 Å². The van der Waals surface area contributed by atoms with Crippen LogP contribution in [0.15, 0.2) is 51.4 Å². The molecular weight excluding hydrogens is 458 g/mol. The van der Waals surface area contributed by atoms with Gasteiger partial charge in [-0.05, 0) is 24.3 Å². The number of carbonyl (C=O) groups is 1. The van der Waals surface area contributed by atoms with Crippen LogP contribution in [0.1, 0.15) is 15.9 Å². The molecule has 0 aliphatic rings. The molecule has 0 saturated carbocycles. The monoisotopic (exact) mass is 474 g/mol. The van der Waals surface area contributed by atoms with Gasteiger partial charge in [0.25, 0.3) is 5.56 Å². The quantitative estimate of drug-likeness (QED) is 0.430. The second-order valence-electron chi connectivity index (χ2n) is 6.74. The average molecular weight is 474 g/mol. The van der Waals surface area contributed by atoms with E-state index in [1.807, 2.05) is 0 Å². The smallest absolute Gasteiger partial charge is 0.339 e. The van der Waals surface area contributed by atoms with Crippen molar-refractivity contribution in [2.45, 2.75) is 6.61 Å². The van der Waals surface area contributed by atoms with Crippen LogP contribution in [0.25, 0.3) is 15.9 Å². The number of thiophene rings is 1. The summed E-state index contributed by atoms with van der Waals surface area (Å²) in [4.78, 5) is 40.3. The third kappa shape index (κ3) is 3.98. The number of halogens is 2. The van der Waals surface area contributed by atoms with Gasteiger partial charge in [-0.1, -0.05) is 6.07 Å². The number of nitrogens with zero attached hydrogens (tertiary/aromatic N) is 1. The molecule has 0 aliphatic carbocycles. The molecule has 2 aromatic heterocycles. The number of nitrogens with one attached hydrogen (secondary N) is 1. The number of fused-ring (bicyclic) bond motifs is 1. The van der Waals surface area contributed by atoms with E-state index in [0.29, 0.717) is 4.57 Å². The molecule has 0 spiro atoms. The molecule has 0 fully saturated rings. The van der Waals surface area contributed by atoms with Gasteiger partial charge in [0.1, 0.15) is 34.6 Å². The zero-order valence-electron chi connectivity index (χ0n) is 17.3. The molecule has 0 unspecified atom stereocenters. The Morgan fingerprint density at radius 3 is 2.64 bits per heavy atom. The summed E-state index contributed by atoms with van der Waals surface area (Å²) in [6.45, 7) is -0.248. The zero-order chi connectivity index (χ0) is 23.7. The topological polar surface area (TPSA) is 99.6 Å². The number of rotatable bonds is 6. The second-order valence-corrected chi connectivity index (χ2v) is 7.62. The molecule has 2 heterocycles. The Bertz CT molecular complexity index is 1490. The molecule has 170 valence electrons. The SMILES string of the molecule is COC(=O)c1csc2[nH]c(=O)n(-c3cc(OCc4c(F)cccc4OC)ccc3F)c(=O)c12. The van der Waals surface area contributed by atoms with Crippen molar-refractivity contribution in [2.75, 3.05) is 14.2 Å². The minimum absolute atomic E-state index is 0.0491. The maximum absolute atomic E-state index is 14.7. The fraction of sp³-hybridized carbons (Fsp3) is 0.136. The molecule has 0 bridgehead atoms. The van der Waals surface area contributed by atoms with Gasteiger partial charge in [-0.25, -0.2) is 22.9 Å². The molecule has 0 radical (unpaired) electrons. The number of aromatic amines is 1. The van der Waals surface area contributed by atoms with E-state index >= 15 is 0 Å². The Balaban J connectivity index is 1.78. The van der Waals surface area contributed by atoms with Crippen LogP contribution in [0.4, 0.5) is 8.78 Å². The molecule has 33 heavy (non-hydrogen) atoms. The van der Waals surface area contributed by atoms with Crippen LogP contribution in [-0.2, 0) is 11.3 Å². The first kappa shape index (κ1) is 22.2. The van der Waals surface area contributed by atoms with E-state index in [0.717, 1.165) is 30.6 Å². The number of H-pyrrole nitrogens is 1. The minimum atomic E-state index is -0.905. The number of aromatic nitrogens is 2. The summed E-state index contributed by atoms with van der Waals surface area (Å²) in [7, 11) is 2.54. The second kappa shape index (κ2) is 8.87. The van der Waals surface area contributed by atoms with E-state index in [2.05, 4.69) is 9.72 Å². The molecule has 0 amide bonds. The van der Waals surface area contributed by atoms with Gasteiger partial charge in [0.05, 0.1) is 36.4 Å². The van der Waals surface area contributed by atoms with Crippen molar-refractivity contribution in [1.29, 1.82) is 0 Å². The normalized spacial score (nSPS) is 10.9. The van der Waals surface area contributed by atoms with Gasteiger partial charge in [-0.3, -0.25) is 9.78 Å². The first-order valence-electron chi connectivity index (χ1n) is 9.44. The number of carbonyl (C=O) groups excluding carboxylic acids is 1. The highest BCUT2D eigenvalue weighted by Gasteiger charge is 2.21. The van der Waals surface area contributed by atoms with Crippen molar-refractivity contribution < 1.29 is 27.8 Å². The third-order valence-corrected chi connectivity index (χ3v) is 5.77. The lowest BCUT2D eigenvalue weighted by atomic mass is 10.2. The zero-order valence-corrected chi connectivity index (χ0v) is 18.1. The fourth-order valence-corrected chi connectivity index (χ4v) is 4.19. The average Bonchev–Trinajstić information content (AvgIpc) is 3.23. The van der Waals surface area contributed by atoms with E-state index in [9.17, 15) is 23.2 Å². The van der Waals surface area contributed by atoms with Crippen LogP contribution in [-0.4, -0.2) is 29.7 Å².